The van der Waals surface area contributed by atoms with Gasteiger partial charge in [-0.25, -0.2) is 8.42 Å². The number of aryl methyl sites for hydroxylation is 1. The summed E-state index contributed by atoms with van der Waals surface area (Å²) in [6.45, 7) is 6.44. The van der Waals surface area contributed by atoms with Gasteiger partial charge in [0.05, 0.1) is 4.90 Å². The molecule has 0 unspecified atom stereocenters. The Morgan fingerprint density at radius 3 is 2.50 bits per heavy atom. The van der Waals surface area contributed by atoms with Crippen LogP contribution >= 0.6 is 0 Å². The average molecular weight is 296 g/mol. The topological polar surface area (TPSA) is 63.4 Å². The van der Waals surface area contributed by atoms with Gasteiger partial charge in [-0.3, -0.25) is 0 Å². The van der Waals surface area contributed by atoms with Crippen LogP contribution in [-0.2, 0) is 16.4 Å². The molecule has 1 saturated carbocycles. The summed E-state index contributed by atoms with van der Waals surface area (Å²) in [6.07, 6.45) is 2.96. The molecule has 0 atom stereocenters. The van der Waals surface area contributed by atoms with E-state index in [2.05, 4.69) is 0 Å². The molecular weight excluding hydrogens is 272 g/mol. The van der Waals surface area contributed by atoms with Gasteiger partial charge in [-0.1, -0.05) is 13.0 Å². The van der Waals surface area contributed by atoms with E-state index in [-0.39, 0.29) is 6.04 Å². The third kappa shape index (κ3) is 3.15. The van der Waals surface area contributed by atoms with Crippen molar-refractivity contribution in [1.82, 2.24) is 4.31 Å². The van der Waals surface area contributed by atoms with Crippen LogP contribution in [-0.4, -0.2) is 25.3 Å². The van der Waals surface area contributed by atoms with Crippen LogP contribution in [0, 0.1) is 5.92 Å². The maximum Gasteiger partial charge on any atom is 0.243 e. The summed E-state index contributed by atoms with van der Waals surface area (Å²) >= 11 is 0. The molecular formula is C15H24N2O2S. The van der Waals surface area contributed by atoms with Crippen molar-refractivity contribution < 1.29 is 8.42 Å². The molecule has 1 aromatic carbocycles. The molecule has 20 heavy (non-hydrogen) atoms. The van der Waals surface area contributed by atoms with Crippen molar-refractivity contribution in [2.24, 2.45) is 5.92 Å². The number of anilines is 1. The lowest BCUT2D eigenvalue weighted by atomic mass is 10.1. The minimum absolute atomic E-state index is 0.0354. The number of hydrogen-bond donors (Lipinski definition) is 1. The van der Waals surface area contributed by atoms with Gasteiger partial charge in [-0.2, -0.15) is 4.31 Å². The van der Waals surface area contributed by atoms with E-state index in [0.717, 1.165) is 18.4 Å². The first-order valence-electron chi connectivity index (χ1n) is 7.26. The minimum Gasteiger partial charge on any atom is -0.399 e. The highest BCUT2D eigenvalue weighted by Crippen LogP contribution is 2.33. The number of nitrogens with two attached hydrogens (primary N) is 1. The molecule has 1 aliphatic carbocycles. The zero-order valence-corrected chi connectivity index (χ0v) is 13.3. The van der Waals surface area contributed by atoms with Gasteiger partial charge < -0.3 is 5.73 Å². The zero-order chi connectivity index (χ0) is 14.9. The lowest BCUT2D eigenvalue weighted by Gasteiger charge is -2.27. The first kappa shape index (κ1) is 15.3. The van der Waals surface area contributed by atoms with Crippen molar-refractivity contribution in [3.63, 3.8) is 0 Å². The first-order valence-corrected chi connectivity index (χ1v) is 8.70. The van der Waals surface area contributed by atoms with E-state index in [4.69, 9.17) is 5.73 Å². The van der Waals surface area contributed by atoms with E-state index >= 15 is 0 Å². The molecule has 0 amide bonds. The van der Waals surface area contributed by atoms with Crippen LogP contribution in [0.1, 0.15) is 39.2 Å². The Kier molecular flexibility index (Phi) is 4.39. The summed E-state index contributed by atoms with van der Waals surface area (Å²) in [6, 6.07) is 5.14. The highest BCUT2D eigenvalue weighted by atomic mass is 32.2. The van der Waals surface area contributed by atoms with E-state index in [9.17, 15) is 8.42 Å². The molecule has 112 valence electrons. The highest BCUT2D eigenvalue weighted by Gasteiger charge is 2.34. The van der Waals surface area contributed by atoms with Gasteiger partial charge in [0.15, 0.2) is 0 Å². The summed E-state index contributed by atoms with van der Waals surface area (Å²) in [5, 5.41) is 0. The summed E-state index contributed by atoms with van der Waals surface area (Å²) in [5.41, 5.74) is 7.12. The minimum atomic E-state index is -3.47. The second-order valence-corrected chi connectivity index (χ2v) is 7.69. The lowest BCUT2D eigenvalue weighted by molar-refractivity contribution is 0.341. The predicted molar refractivity (Wildman–Crippen MR) is 82.0 cm³/mol. The molecule has 2 rings (SSSR count). The van der Waals surface area contributed by atoms with Crippen LogP contribution in [0.4, 0.5) is 5.69 Å². The van der Waals surface area contributed by atoms with Crippen molar-refractivity contribution in [3.05, 3.63) is 23.8 Å². The molecule has 1 aliphatic rings. The van der Waals surface area contributed by atoms with Crippen molar-refractivity contribution in [1.29, 1.82) is 0 Å². The zero-order valence-electron chi connectivity index (χ0n) is 12.5. The van der Waals surface area contributed by atoms with Crippen LogP contribution in [0.2, 0.25) is 0 Å². The van der Waals surface area contributed by atoms with Gasteiger partial charge in [0.1, 0.15) is 0 Å². The fourth-order valence-corrected chi connectivity index (χ4v) is 4.41. The van der Waals surface area contributed by atoms with Gasteiger partial charge >= 0.3 is 0 Å². The van der Waals surface area contributed by atoms with Crippen molar-refractivity contribution in [2.45, 2.75) is 51.0 Å². The summed E-state index contributed by atoms with van der Waals surface area (Å²) in [4.78, 5) is 0.370. The molecule has 0 aliphatic heterocycles. The van der Waals surface area contributed by atoms with E-state index in [1.807, 2.05) is 26.8 Å². The predicted octanol–water partition coefficient (Wildman–Crippen LogP) is 2.64. The van der Waals surface area contributed by atoms with Gasteiger partial charge in [-0.15, -0.1) is 0 Å². The van der Waals surface area contributed by atoms with E-state index in [0.29, 0.717) is 29.5 Å². The standard InChI is InChI=1S/C15H24N2O2S/c1-4-13-7-8-14(16)9-15(13)20(18,19)17(11(2)3)10-12-5-6-12/h7-9,11-12H,4-6,10,16H2,1-3H3. The van der Waals surface area contributed by atoms with Gasteiger partial charge in [0, 0.05) is 18.3 Å². The van der Waals surface area contributed by atoms with Gasteiger partial charge in [-0.05, 0) is 56.7 Å². The molecule has 2 N–H and O–H groups in total. The number of rotatable bonds is 6. The summed E-state index contributed by atoms with van der Waals surface area (Å²) in [7, 11) is -3.47. The molecule has 5 heteroatoms. The molecule has 0 aromatic heterocycles. The molecule has 1 fully saturated rings. The molecule has 0 saturated heterocycles. The number of nitrogen functional groups attached to an aromatic ring is 1. The van der Waals surface area contributed by atoms with Crippen LogP contribution in [0.25, 0.3) is 0 Å². The third-order valence-corrected chi connectivity index (χ3v) is 5.89. The SMILES string of the molecule is CCc1ccc(N)cc1S(=O)(=O)N(CC1CC1)C(C)C. The van der Waals surface area contributed by atoms with Crippen LogP contribution in [0.5, 0.6) is 0 Å². The monoisotopic (exact) mass is 296 g/mol. The second kappa shape index (κ2) is 5.74. The third-order valence-electron chi connectivity index (χ3n) is 3.77. The maximum absolute atomic E-state index is 12.9. The second-order valence-electron chi connectivity index (χ2n) is 5.83. The Morgan fingerprint density at radius 2 is 2.00 bits per heavy atom. The smallest absolute Gasteiger partial charge is 0.243 e. The molecule has 0 heterocycles. The Hall–Kier alpha value is -1.07. The highest BCUT2D eigenvalue weighted by molar-refractivity contribution is 7.89. The Bertz CT molecular complexity index is 578. The fourth-order valence-electron chi connectivity index (χ4n) is 2.37. The molecule has 0 bridgehead atoms. The number of nitrogens with zero attached hydrogens (tertiary/aromatic N) is 1. The largest absolute Gasteiger partial charge is 0.399 e. The van der Waals surface area contributed by atoms with E-state index < -0.39 is 10.0 Å². The van der Waals surface area contributed by atoms with E-state index in [1.165, 1.54) is 0 Å². The number of hydrogen-bond acceptors (Lipinski definition) is 3. The normalized spacial score (nSPS) is 16.1. The molecule has 0 spiro atoms. The van der Waals surface area contributed by atoms with E-state index in [1.54, 1.807) is 16.4 Å². The summed E-state index contributed by atoms with van der Waals surface area (Å²) < 4.78 is 27.5. The quantitative estimate of drug-likeness (QED) is 0.821. The summed E-state index contributed by atoms with van der Waals surface area (Å²) in [5.74, 6) is 0.526. The van der Waals surface area contributed by atoms with Crippen molar-refractivity contribution >= 4 is 15.7 Å². The van der Waals surface area contributed by atoms with Crippen LogP contribution in [0.15, 0.2) is 23.1 Å². The van der Waals surface area contributed by atoms with Gasteiger partial charge in [0.2, 0.25) is 10.0 Å². The van der Waals surface area contributed by atoms with Crippen molar-refractivity contribution in [2.75, 3.05) is 12.3 Å². The number of sulfonamides is 1. The number of benzene rings is 1. The molecule has 1 aromatic rings. The molecule has 4 nitrogen and oxygen atoms in total. The van der Waals surface area contributed by atoms with Gasteiger partial charge in [0.25, 0.3) is 0 Å². The average Bonchev–Trinajstić information content (AvgIpc) is 3.19. The Labute approximate surface area is 122 Å². The fraction of sp³-hybridized carbons (Fsp3) is 0.600. The van der Waals surface area contributed by atoms with Crippen molar-refractivity contribution in [3.8, 4) is 0 Å². The molecule has 0 radical (unpaired) electrons. The van der Waals surface area contributed by atoms with Crippen LogP contribution < -0.4 is 5.73 Å². The first-order chi connectivity index (χ1) is 9.36. The Balaban J connectivity index is 2.43. The maximum atomic E-state index is 12.9. The van der Waals surface area contributed by atoms with Crippen LogP contribution in [0.3, 0.4) is 0 Å². The lowest BCUT2D eigenvalue weighted by Crippen LogP contribution is -2.38. The Morgan fingerprint density at radius 1 is 1.35 bits per heavy atom.